The van der Waals surface area contributed by atoms with Crippen molar-refractivity contribution >= 4 is 39.7 Å². The molecule has 0 amide bonds. The van der Waals surface area contributed by atoms with Gasteiger partial charge in [0, 0.05) is 17.3 Å². The SMILES string of the molecule is Cc1ccc(Nc2ncnc(Nc3cccc4ccc(C)nc34)c2N)nc1. The van der Waals surface area contributed by atoms with E-state index in [1.807, 2.05) is 56.3 Å². The molecule has 27 heavy (non-hydrogen) atoms. The first-order valence-corrected chi connectivity index (χ1v) is 8.54. The normalized spacial score (nSPS) is 10.7. The van der Waals surface area contributed by atoms with Gasteiger partial charge in [0.2, 0.25) is 0 Å². The van der Waals surface area contributed by atoms with E-state index >= 15 is 0 Å². The van der Waals surface area contributed by atoms with Crippen molar-refractivity contribution in [2.24, 2.45) is 0 Å². The highest BCUT2D eigenvalue weighted by Crippen LogP contribution is 2.30. The second kappa shape index (κ2) is 6.87. The Balaban J connectivity index is 1.67. The Morgan fingerprint density at radius 1 is 0.852 bits per heavy atom. The van der Waals surface area contributed by atoms with Crippen LogP contribution in [0.2, 0.25) is 0 Å². The molecule has 4 N–H and O–H groups in total. The van der Waals surface area contributed by atoms with Crippen molar-refractivity contribution in [2.45, 2.75) is 13.8 Å². The molecule has 0 aliphatic rings. The average molecular weight is 357 g/mol. The Labute approximate surface area is 156 Å². The maximum absolute atomic E-state index is 6.28. The minimum Gasteiger partial charge on any atom is -0.393 e. The maximum atomic E-state index is 6.28. The number of nitrogen functional groups attached to an aromatic ring is 1. The molecule has 3 aromatic heterocycles. The molecular formula is C20H19N7. The summed E-state index contributed by atoms with van der Waals surface area (Å²) in [6.45, 7) is 3.95. The lowest BCUT2D eigenvalue weighted by Crippen LogP contribution is -2.06. The number of hydrogen-bond donors (Lipinski definition) is 3. The van der Waals surface area contributed by atoms with Crippen LogP contribution in [-0.2, 0) is 0 Å². The summed E-state index contributed by atoms with van der Waals surface area (Å²) in [7, 11) is 0. The standard InChI is InChI=1S/C20H19N7/c1-12-6-9-16(22-10-12)27-20-17(21)19(23-11-24-20)26-15-5-3-4-14-8-7-13(2)25-18(14)15/h3-11H,21H2,1-2H3,(H2,22,23,24,26,27). The highest BCUT2D eigenvalue weighted by molar-refractivity contribution is 5.93. The van der Waals surface area contributed by atoms with Gasteiger partial charge in [-0.2, -0.15) is 0 Å². The number of benzene rings is 1. The van der Waals surface area contributed by atoms with Gasteiger partial charge in [-0.25, -0.2) is 15.0 Å². The molecule has 7 nitrogen and oxygen atoms in total. The van der Waals surface area contributed by atoms with Crippen molar-refractivity contribution in [3.05, 3.63) is 66.2 Å². The molecule has 1 aromatic carbocycles. The number of nitrogens with one attached hydrogen (secondary N) is 2. The number of anilines is 5. The fourth-order valence-electron chi connectivity index (χ4n) is 2.73. The summed E-state index contributed by atoms with van der Waals surface area (Å²) in [4.78, 5) is 17.5. The van der Waals surface area contributed by atoms with Gasteiger partial charge in [-0.1, -0.05) is 24.3 Å². The van der Waals surface area contributed by atoms with Gasteiger partial charge >= 0.3 is 0 Å². The van der Waals surface area contributed by atoms with Crippen LogP contribution in [0.15, 0.2) is 55.0 Å². The van der Waals surface area contributed by atoms with E-state index in [0.717, 1.165) is 27.8 Å². The molecule has 4 aromatic rings. The van der Waals surface area contributed by atoms with Crippen molar-refractivity contribution in [1.29, 1.82) is 0 Å². The molecule has 0 saturated heterocycles. The number of para-hydroxylation sites is 1. The predicted octanol–water partition coefficient (Wildman–Crippen LogP) is 4.11. The summed E-state index contributed by atoms with van der Waals surface area (Å²) < 4.78 is 0. The minimum atomic E-state index is 0.407. The average Bonchev–Trinajstić information content (AvgIpc) is 2.67. The Kier molecular flexibility index (Phi) is 4.25. The van der Waals surface area contributed by atoms with Gasteiger partial charge in [-0.05, 0) is 37.6 Å². The summed E-state index contributed by atoms with van der Waals surface area (Å²) >= 11 is 0. The Morgan fingerprint density at radius 3 is 2.44 bits per heavy atom. The zero-order valence-electron chi connectivity index (χ0n) is 15.1. The van der Waals surface area contributed by atoms with Crippen LogP contribution in [0.3, 0.4) is 0 Å². The van der Waals surface area contributed by atoms with Gasteiger partial charge in [-0.15, -0.1) is 0 Å². The molecule has 7 heteroatoms. The fourth-order valence-corrected chi connectivity index (χ4v) is 2.73. The number of nitrogens with zero attached hydrogens (tertiary/aromatic N) is 4. The third kappa shape index (κ3) is 3.48. The van der Waals surface area contributed by atoms with E-state index in [-0.39, 0.29) is 0 Å². The van der Waals surface area contributed by atoms with Crippen LogP contribution in [0, 0.1) is 13.8 Å². The Hall–Kier alpha value is -3.74. The molecule has 3 heterocycles. The minimum absolute atomic E-state index is 0.407. The summed E-state index contributed by atoms with van der Waals surface area (Å²) in [6.07, 6.45) is 3.24. The predicted molar refractivity (Wildman–Crippen MR) is 108 cm³/mol. The van der Waals surface area contributed by atoms with Crippen LogP contribution in [-0.4, -0.2) is 19.9 Å². The van der Waals surface area contributed by atoms with Crippen LogP contribution in [0.4, 0.5) is 28.8 Å². The quantitative estimate of drug-likeness (QED) is 0.505. The number of hydrogen-bond acceptors (Lipinski definition) is 7. The topological polar surface area (TPSA) is 102 Å². The lowest BCUT2D eigenvalue weighted by atomic mass is 10.1. The van der Waals surface area contributed by atoms with E-state index < -0.39 is 0 Å². The van der Waals surface area contributed by atoms with Gasteiger partial charge in [-0.3, -0.25) is 4.98 Å². The van der Waals surface area contributed by atoms with E-state index in [1.165, 1.54) is 6.33 Å². The summed E-state index contributed by atoms with van der Waals surface area (Å²) in [5.74, 6) is 1.67. The number of aromatic nitrogens is 4. The molecule has 0 aliphatic heterocycles. The monoisotopic (exact) mass is 357 g/mol. The highest BCUT2D eigenvalue weighted by atomic mass is 15.1. The van der Waals surface area contributed by atoms with Gasteiger partial charge in [0.25, 0.3) is 0 Å². The van der Waals surface area contributed by atoms with E-state index in [2.05, 4.69) is 30.6 Å². The molecule has 0 unspecified atom stereocenters. The Bertz CT molecular complexity index is 1110. The third-order valence-electron chi connectivity index (χ3n) is 4.15. The highest BCUT2D eigenvalue weighted by Gasteiger charge is 2.11. The van der Waals surface area contributed by atoms with E-state index in [0.29, 0.717) is 23.1 Å². The maximum Gasteiger partial charge on any atom is 0.160 e. The number of pyridine rings is 2. The third-order valence-corrected chi connectivity index (χ3v) is 4.15. The molecule has 0 bridgehead atoms. The number of nitrogens with two attached hydrogens (primary N) is 1. The van der Waals surface area contributed by atoms with Crippen LogP contribution < -0.4 is 16.4 Å². The summed E-state index contributed by atoms with van der Waals surface area (Å²) in [5, 5.41) is 7.45. The molecule has 134 valence electrons. The largest absolute Gasteiger partial charge is 0.393 e. The van der Waals surface area contributed by atoms with Crippen LogP contribution >= 0.6 is 0 Å². The lowest BCUT2D eigenvalue weighted by Gasteiger charge is -2.13. The Morgan fingerprint density at radius 2 is 1.67 bits per heavy atom. The molecule has 0 radical (unpaired) electrons. The second-order valence-electron chi connectivity index (χ2n) is 6.29. The first-order valence-electron chi connectivity index (χ1n) is 8.54. The molecule has 0 saturated carbocycles. The lowest BCUT2D eigenvalue weighted by molar-refractivity contribution is 1.16. The molecule has 0 atom stereocenters. The zero-order valence-corrected chi connectivity index (χ0v) is 15.1. The van der Waals surface area contributed by atoms with Crippen LogP contribution in [0.1, 0.15) is 11.3 Å². The number of fused-ring (bicyclic) bond motifs is 1. The van der Waals surface area contributed by atoms with Gasteiger partial charge in [0.1, 0.15) is 17.8 Å². The summed E-state index contributed by atoms with van der Waals surface area (Å²) in [5.41, 5.74) is 10.4. The van der Waals surface area contributed by atoms with Crippen molar-refractivity contribution in [2.75, 3.05) is 16.4 Å². The van der Waals surface area contributed by atoms with Crippen molar-refractivity contribution in [3.63, 3.8) is 0 Å². The zero-order chi connectivity index (χ0) is 18.8. The smallest absolute Gasteiger partial charge is 0.160 e. The van der Waals surface area contributed by atoms with Crippen LogP contribution in [0.25, 0.3) is 10.9 Å². The van der Waals surface area contributed by atoms with Gasteiger partial charge < -0.3 is 16.4 Å². The van der Waals surface area contributed by atoms with E-state index in [4.69, 9.17) is 5.73 Å². The van der Waals surface area contributed by atoms with Crippen molar-refractivity contribution in [3.8, 4) is 0 Å². The molecule has 0 aliphatic carbocycles. The van der Waals surface area contributed by atoms with Crippen LogP contribution in [0.5, 0.6) is 0 Å². The van der Waals surface area contributed by atoms with E-state index in [9.17, 15) is 0 Å². The van der Waals surface area contributed by atoms with Gasteiger partial charge in [0.15, 0.2) is 11.6 Å². The summed E-state index contributed by atoms with van der Waals surface area (Å²) in [6, 6.07) is 13.8. The first-order chi connectivity index (χ1) is 13.1. The molecule has 0 spiro atoms. The van der Waals surface area contributed by atoms with Crippen molar-refractivity contribution < 1.29 is 0 Å². The first kappa shape index (κ1) is 16.7. The molecule has 0 fully saturated rings. The fraction of sp³-hybridized carbons (Fsp3) is 0.100. The van der Waals surface area contributed by atoms with Crippen molar-refractivity contribution in [1.82, 2.24) is 19.9 Å². The number of aryl methyl sites for hydroxylation is 2. The van der Waals surface area contributed by atoms with Gasteiger partial charge in [0.05, 0.1) is 11.2 Å². The second-order valence-corrected chi connectivity index (χ2v) is 6.29. The molecular weight excluding hydrogens is 338 g/mol. The number of rotatable bonds is 4. The molecule has 4 rings (SSSR count). The van der Waals surface area contributed by atoms with E-state index in [1.54, 1.807) is 6.20 Å².